The van der Waals surface area contributed by atoms with Gasteiger partial charge in [-0.2, -0.15) is 0 Å². The highest BCUT2D eigenvalue weighted by Crippen LogP contribution is 2.39. The van der Waals surface area contributed by atoms with Gasteiger partial charge in [-0.15, -0.1) is 0 Å². The Bertz CT molecular complexity index is 1010. The lowest BCUT2D eigenvalue weighted by Gasteiger charge is -2.30. The van der Waals surface area contributed by atoms with E-state index in [9.17, 15) is 9.59 Å². The number of aryl methyl sites for hydroxylation is 1. The van der Waals surface area contributed by atoms with E-state index in [4.69, 9.17) is 9.47 Å². The number of nitrogens with one attached hydrogen (secondary N) is 1. The number of dihydropyridines is 1. The van der Waals surface area contributed by atoms with Crippen molar-refractivity contribution in [1.29, 1.82) is 0 Å². The molecular formula is C39H65IN2O4. The molecule has 2 heterocycles. The van der Waals surface area contributed by atoms with Gasteiger partial charge in [-0.25, -0.2) is 14.2 Å². The number of nitrogens with zero attached hydrogens (tertiary/aromatic N) is 1. The van der Waals surface area contributed by atoms with E-state index in [0.717, 1.165) is 42.6 Å². The summed E-state index contributed by atoms with van der Waals surface area (Å²) in [5.41, 5.74) is 3.30. The lowest BCUT2D eigenvalue weighted by atomic mass is 9.81. The second-order valence-corrected chi connectivity index (χ2v) is 13.1. The summed E-state index contributed by atoms with van der Waals surface area (Å²) in [6.45, 7) is 9.07. The normalized spacial score (nSPS) is 13.4. The minimum atomic E-state index is -0.543. The van der Waals surface area contributed by atoms with Gasteiger partial charge in [-0.3, -0.25) is 0 Å². The molecule has 0 spiro atoms. The lowest BCUT2D eigenvalue weighted by molar-refractivity contribution is -0.671. The van der Waals surface area contributed by atoms with Gasteiger partial charge in [-0.1, -0.05) is 129 Å². The van der Waals surface area contributed by atoms with Gasteiger partial charge in [0.2, 0.25) is 0 Å². The Hall–Kier alpha value is -1.90. The molecule has 0 fully saturated rings. The van der Waals surface area contributed by atoms with E-state index in [0.29, 0.717) is 24.4 Å². The number of carbonyl (C=O) groups excluding carboxylic acids is 2. The van der Waals surface area contributed by atoms with Crippen LogP contribution in [0.2, 0.25) is 0 Å². The van der Waals surface area contributed by atoms with Crippen LogP contribution in [0.15, 0.2) is 47.1 Å². The molecule has 0 radical (unpaired) electrons. The molecule has 0 aromatic carbocycles. The fourth-order valence-electron chi connectivity index (χ4n) is 6.31. The summed E-state index contributed by atoms with van der Waals surface area (Å²) in [6, 6.07) is 3.92. The van der Waals surface area contributed by atoms with E-state index >= 15 is 0 Å². The minimum absolute atomic E-state index is 0. The number of allylic oxidation sites excluding steroid dienone is 2. The van der Waals surface area contributed by atoms with Gasteiger partial charge in [0, 0.05) is 23.0 Å². The van der Waals surface area contributed by atoms with Crippen LogP contribution in [0.25, 0.3) is 0 Å². The van der Waals surface area contributed by atoms with Crippen molar-refractivity contribution in [3.05, 3.63) is 52.6 Å². The van der Waals surface area contributed by atoms with Crippen molar-refractivity contribution in [3.63, 3.8) is 0 Å². The number of hydrogen-bond acceptors (Lipinski definition) is 5. The molecule has 262 valence electrons. The SMILES string of the molecule is CCCCCCCCCCCCOC(=O)C1=C(C)NC(C)=C(C(=O)OCCCCCCCCCCCC)C1c1ccc[n+](C)c1.[I-]. The summed E-state index contributed by atoms with van der Waals surface area (Å²) >= 11 is 0. The van der Waals surface area contributed by atoms with Crippen LogP contribution in [0, 0.1) is 0 Å². The first-order chi connectivity index (χ1) is 21.9. The van der Waals surface area contributed by atoms with Gasteiger partial charge in [0.25, 0.3) is 0 Å². The number of esters is 2. The maximum Gasteiger partial charge on any atom is 0.336 e. The van der Waals surface area contributed by atoms with Crippen molar-refractivity contribution in [2.24, 2.45) is 7.05 Å². The van der Waals surface area contributed by atoms with E-state index in [1.54, 1.807) is 0 Å². The summed E-state index contributed by atoms with van der Waals surface area (Å²) in [4.78, 5) is 27.1. The Kier molecular flexibility index (Phi) is 23.9. The van der Waals surface area contributed by atoms with E-state index in [1.807, 2.05) is 50.0 Å². The fourth-order valence-corrected chi connectivity index (χ4v) is 6.31. The quantitative estimate of drug-likeness (QED) is 0.0523. The topological polar surface area (TPSA) is 68.5 Å². The summed E-state index contributed by atoms with van der Waals surface area (Å²) in [7, 11) is 1.95. The molecule has 2 rings (SSSR count). The van der Waals surface area contributed by atoms with Crippen LogP contribution in [-0.2, 0) is 26.1 Å². The number of hydrogen-bond donors (Lipinski definition) is 1. The second-order valence-electron chi connectivity index (χ2n) is 13.1. The summed E-state index contributed by atoms with van der Waals surface area (Å²) in [5, 5.41) is 3.29. The van der Waals surface area contributed by atoms with Crippen molar-refractivity contribution >= 4 is 11.9 Å². The molecule has 7 heteroatoms. The van der Waals surface area contributed by atoms with E-state index in [-0.39, 0.29) is 35.9 Å². The van der Waals surface area contributed by atoms with Gasteiger partial charge >= 0.3 is 11.9 Å². The third-order valence-corrected chi connectivity index (χ3v) is 8.96. The highest BCUT2D eigenvalue weighted by atomic mass is 127. The lowest BCUT2D eigenvalue weighted by Crippen LogP contribution is -3.00. The number of rotatable bonds is 25. The molecule has 0 unspecified atom stereocenters. The molecule has 0 aliphatic carbocycles. The van der Waals surface area contributed by atoms with Gasteiger partial charge in [0.15, 0.2) is 12.4 Å². The first-order valence-corrected chi connectivity index (χ1v) is 18.4. The van der Waals surface area contributed by atoms with Gasteiger partial charge in [0.1, 0.15) is 7.05 Å². The first-order valence-electron chi connectivity index (χ1n) is 18.4. The van der Waals surface area contributed by atoms with E-state index in [1.165, 1.54) is 103 Å². The predicted octanol–water partition coefficient (Wildman–Crippen LogP) is 6.68. The van der Waals surface area contributed by atoms with Gasteiger partial charge in [0.05, 0.1) is 30.3 Å². The molecule has 1 aliphatic rings. The van der Waals surface area contributed by atoms with E-state index in [2.05, 4.69) is 19.2 Å². The number of carbonyl (C=O) groups is 2. The molecule has 0 atom stereocenters. The molecule has 0 amide bonds. The monoisotopic (exact) mass is 752 g/mol. The standard InChI is InChI=1S/C39H64N2O4.HI/c1-6-8-10-12-14-16-18-20-22-24-29-44-38(42)35-32(3)40-33(4)36(37(35)34-27-26-28-41(5)31-34)39(43)45-30-25-23-21-19-17-15-13-11-9-7-2;/h26-28,31,37H,6-25,29-30H2,1-5H3;1H. The van der Waals surface area contributed by atoms with Crippen LogP contribution in [0.1, 0.15) is 168 Å². The third-order valence-electron chi connectivity index (χ3n) is 8.96. The summed E-state index contributed by atoms with van der Waals surface area (Å²) in [6.07, 6.45) is 28.5. The zero-order valence-electron chi connectivity index (χ0n) is 29.9. The highest BCUT2D eigenvalue weighted by molar-refractivity contribution is 5.99. The van der Waals surface area contributed by atoms with Crippen molar-refractivity contribution in [2.45, 2.75) is 162 Å². The molecule has 1 aromatic heterocycles. The Morgan fingerprint density at radius 3 is 1.39 bits per heavy atom. The summed E-state index contributed by atoms with van der Waals surface area (Å²) in [5.74, 6) is -1.26. The molecule has 0 saturated carbocycles. The number of unbranched alkanes of at least 4 members (excludes halogenated alkanes) is 18. The zero-order chi connectivity index (χ0) is 32.7. The highest BCUT2D eigenvalue weighted by Gasteiger charge is 2.39. The molecule has 0 saturated heterocycles. The minimum Gasteiger partial charge on any atom is -1.00 e. The number of aromatic nitrogens is 1. The predicted molar refractivity (Wildman–Crippen MR) is 185 cm³/mol. The second kappa shape index (κ2) is 26.1. The molecule has 6 nitrogen and oxygen atoms in total. The largest absolute Gasteiger partial charge is 1.00 e. The van der Waals surface area contributed by atoms with Gasteiger partial charge < -0.3 is 38.8 Å². The molecule has 1 aromatic rings. The summed E-state index contributed by atoms with van der Waals surface area (Å²) < 4.78 is 13.6. The third kappa shape index (κ3) is 16.3. The zero-order valence-corrected chi connectivity index (χ0v) is 32.1. The van der Waals surface area contributed by atoms with Crippen molar-refractivity contribution in [2.75, 3.05) is 13.2 Å². The first kappa shape index (κ1) is 42.1. The van der Waals surface area contributed by atoms with Crippen LogP contribution in [0.3, 0.4) is 0 Å². The molecule has 1 aliphatic heterocycles. The van der Waals surface area contributed by atoms with Crippen LogP contribution in [0.5, 0.6) is 0 Å². The van der Waals surface area contributed by atoms with Crippen LogP contribution in [-0.4, -0.2) is 25.2 Å². The average Bonchev–Trinajstić information content (AvgIpc) is 3.01. The van der Waals surface area contributed by atoms with E-state index < -0.39 is 5.92 Å². The Morgan fingerprint density at radius 1 is 0.652 bits per heavy atom. The van der Waals surface area contributed by atoms with Crippen molar-refractivity contribution in [3.8, 4) is 0 Å². The smallest absolute Gasteiger partial charge is 0.336 e. The Labute approximate surface area is 298 Å². The average molecular weight is 753 g/mol. The maximum atomic E-state index is 13.6. The number of halogens is 1. The molecule has 1 N–H and O–H groups in total. The van der Waals surface area contributed by atoms with Crippen LogP contribution >= 0.6 is 0 Å². The molecule has 0 bridgehead atoms. The van der Waals surface area contributed by atoms with Crippen LogP contribution in [0.4, 0.5) is 0 Å². The number of pyridine rings is 1. The fraction of sp³-hybridized carbons (Fsp3) is 0.718. The van der Waals surface area contributed by atoms with Crippen molar-refractivity contribution < 1.29 is 47.6 Å². The number of ether oxygens (including phenoxy) is 2. The van der Waals surface area contributed by atoms with Crippen molar-refractivity contribution in [1.82, 2.24) is 5.32 Å². The maximum absolute atomic E-state index is 13.6. The molecule has 46 heavy (non-hydrogen) atoms. The van der Waals surface area contributed by atoms with Crippen LogP contribution < -0.4 is 33.9 Å². The Morgan fingerprint density at radius 2 is 1.02 bits per heavy atom. The van der Waals surface area contributed by atoms with Gasteiger partial charge in [-0.05, 0) is 32.8 Å². The molecular weight excluding hydrogens is 687 g/mol. The Balaban J connectivity index is 0.0000106.